The number of halogens is 4. The average molecular weight is 236 g/mol. The molecule has 0 bridgehead atoms. The lowest BCUT2D eigenvalue weighted by molar-refractivity contribution is -0.157. The Balaban J connectivity index is 2.99. The first kappa shape index (κ1) is 12.5. The Bertz CT molecular complexity index is 387. The van der Waals surface area contributed by atoms with E-state index in [9.17, 15) is 22.4 Å². The topological polar surface area (TPSA) is 37.3 Å². The number of benzene rings is 1. The molecule has 0 aliphatic heterocycles. The van der Waals surface area contributed by atoms with Gasteiger partial charge in [0.25, 0.3) is 0 Å². The van der Waals surface area contributed by atoms with Crippen LogP contribution >= 0.6 is 0 Å². The van der Waals surface area contributed by atoms with E-state index in [0.717, 1.165) is 18.2 Å². The minimum Gasteiger partial charge on any atom is -0.481 e. The predicted molar refractivity (Wildman–Crippen MR) is 47.4 cm³/mol. The fourth-order valence-electron chi connectivity index (χ4n) is 1.30. The Kier molecular flexibility index (Phi) is 3.51. The molecule has 2 nitrogen and oxygen atoms in total. The minimum absolute atomic E-state index is 0.190. The van der Waals surface area contributed by atoms with Crippen LogP contribution in [0.1, 0.15) is 17.9 Å². The van der Waals surface area contributed by atoms with Gasteiger partial charge in [-0.15, -0.1) is 0 Å². The highest BCUT2D eigenvalue weighted by atomic mass is 19.4. The van der Waals surface area contributed by atoms with Crippen molar-refractivity contribution in [3.8, 4) is 0 Å². The molecule has 1 aromatic rings. The lowest BCUT2D eigenvalue weighted by atomic mass is 9.95. The van der Waals surface area contributed by atoms with Crippen molar-refractivity contribution in [3.05, 3.63) is 35.6 Å². The number of carboxylic acids is 1. The van der Waals surface area contributed by atoms with E-state index in [2.05, 4.69) is 0 Å². The number of hydrogen-bond donors (Lipinski definition) is 1. The third-order valence-corrected chi connectivity index (χ3v) is 1.98. The van der Waals surface area contributed by atoms with Crippen molar-refractivity contribution < 1.29 is 27.5 Å². The van der Waals surface area contributed by atoms with Crippen molar-refractivity contribution in [3.63, 3.8) is 0 Å². The average Bonchev–Trinajstić information content (AvgIpc) is 2.12. The van der Waals surface area contributed by atoms with Crippen LogP contribution in [0.15, 0.2) is 24.3 Å². The van der Waals surface area contributed by atoms with Crippen molar-refractivity contribution in [2.45, 2.75) is 18.5 Å². The molecular formula is C10H8F4O2. The second kappa shape index (κ2) is 4.51. The Morgan fingerprint density at radius 1 is 1.38 bits per heavy atom. The summed E-state index contributed by atoms with van der Waals surface area (Å²) in [6.45, 7) is 0. The SMILES string of the molecule is O=C(O)C(CC(F)(F)F)c1cccc(F)c1. The highest BCUT2D eigenvalue weighted by molar-refractivity contribution is 5.76. The van der Waals surface area contributed by atoms with Crippen molar-refractivity contribution in [2.75, 3.05) is 0 Å². The van der Waals surface area contributed by atoms with Crippen LogP contribution in [0.3, 0.4) is 0 Å². The van der Waals surface area contributed by atoms with Gasteiger partial charge in [-0.05, 0) is 17.7 Å². The Hall–Kier alpha value is -1.59. The van der Waals surface area contributed by atoms with E-state index < -0.39 is 30.3 Å². The van der Waals surface area contributed by atoms with Crippen LogP contribution in [-0.4, -0.2) is 17.3 Å². The zero-order valence-corrected chi connectivity index (χ0v) is 7.96. The van der Waals surface area contributed by atoms with Crippen LogP contribution in [0.25, 0.3) is 0 Å². The molecule has 1 N–H and O–H groups in total. The molecule has 1 aromatic carbocycles. The molecule has 0 aromatic heterocycles. The molecule has 88 valence electrons. The van der Waals surface area contributed by atoms with Crippen LogP contribution in [0.4, 0.5) is 17.6 Å². The molecular weight excluding hydrogens is 228 g/mol. The number of carbonyl (C=O) groups is 1. The minimum atomic E-state index is -4.60. The van der Waals surface area contributed by atoms with Gasteiger partial charge in [-0.1, -0.05) is 12.1 Å². The van der Waals surface area contributed by atoms with Gasteiger partial charge in [0.2, 0.25) is 0 Å². The van der Waals surface area contributed by atoms with Crippen LogP contribution in [0, 0.1) is 5.82 Å². The number of hydrogen-bond acceptors (Lipinski definition) is 1. The zero-order valence-electron chi connectivity index (χ0n) is 7.96. The number of carboxylic acid groups (broad SMARTS) is 1. The van der Waals surface area contributed by atoms with Gasteiger partial charge in [0, 0.05) is 0 Å². The normalized spacial score (nSPS) is 13.5. The Morgan fingerprint density at radius 3 is 2.44 bits per heavy atom. The number of rotatable bonds is 3. The summed E-state index contributed by atoms with van der Waals surface area (Å²) in [5.74, 6) is -4.15. The summed E-state index contributed by atoms with van der Waals surface area (Å²) >= 11 is 0. The summed E-state index contributed by atoms with van der Waals surface area (Å²) < 4.78 is 49.0. The molecule has 0 aliphatic carbocycles. The molecule has 0 heterocycles. The number of aliphatic carboxylic acids is 1. The van der Waals surface area contributed by atoms with E-state index in [-0.39, 0.29) is 5.56 Å². The van der Waals surface area contributed by atoms with Crippen LogP contribution in [0.2, 0.25) is 0 Å². The van der Waals surface area contributed by atoms with E-state index in [0.29, 0.717) is 0 Å². The second-order valence-electron chi connectivity index (χ2n) is 3.27. The molecule has 6 heteroatoms. The summed E-state index contributed by atoms with van der Waals surface area (Å²) in [6.07, 6.45) is -6.11. The lowest BCUT2D eigenvalue weighted by Crippen LogP contribution is -2.20. The first-order chi connectivity index (χ1) is 7.29. The second-order valence-corrected chi connectivity index (χ2v) is 3.27. The van der Waals surface area contributed by atoms with Crippen LogP contribution in [-0.2, 0) is 4.79 Å². The Morgan fingerprint density at radius 2 is 2.00 bits per heavy atom. The summed E-state index contributed by atoms with van der Waals surface area (Å²) in [7, 11) is 0. The molecule has 16 heavy (non-hydrogen) atoms. The quantitative estimate of drug-likeness (QED) is 0.819. The van der Waals surface area contributed by atoms with Gasteiger partial charge in [-0.2, -0.15) is 13.2 Å². The van der Waals surface area contributed by atoms with E-state index in [4.69, 9.17) is 5.11 Å². The van der Waals surface area contributed by atoms with Gasteiger partial charge in [-0.3, -0.25) is 4.79 Å². The van der Waals surface area contributed by atoms with Crippen LogP contribution < -0.4 is 0 Å². The summed E-state index contributed by atoms with van der Waals surface area (Å²) in [5, 5.41) is 8.66. The van der Waals surface area contributed by atoms with E-state index in [1.807, 2.05) is 0 Å². The largest absolute Gasteiger partial charge is 0.481 e. The highest BCUT2D eigenvalue weighted by Gasteiger charge is 2.36. The fourth-order valence-corrected chi connectivity index (χ4v) is 1.30. The molecule has 0 amide bonds. The summed E-state index contributed by atoms with van der Waals surface area (Å²) in [4.78, 5) is 10.7. The third kappa shape index (κ3) is 3.52. The summed E-state index contributed by atoms with van der Waals surface area (Å²) in [6, 6.07) is 4.17. The molecule has 1 atom stereocenters. The van der Waals surface area contributed by atoms with Gasteiger partial charge in [0.1, 0.15) is 5.82 Å². The smallest absolute Gasteiger partial charge is 0.390 e. The van der Waals surface area contributed by atoms with Gasteiger partial charge in [-0.25, -0.2) is 4.39 Å². The Labute approximate surface area is 88.5 Å². The van der Waals surface area contributed by atoms with Gasteiger partial charge in [0.05, 0.1) is 12.3 Å². The van der Waals surface area contributed by atoms with Crippen LogP contribution in [0.5, 0.6) is 0 Å². The van der Waals surface area contributed by atoms with E-state index in [1.54, 1.807) is 0 Å². The first-order valence-corrected chi connectivity index (χ1v) is 4.34. The van der Waals surface area contributed by atoms with E-state index >= 15 is 0 Å². The van der Waals surface area contributed by atoms with Gasteiger partial charge >= 0.3 is 12.1 Å². The zero-order chi connectivity index (χ0) is 12.3. The standard InChI is InChI=1S/C10H8F4O2/c11-7-3-1-2-6(4-7)8(9(15)16)5-10(12,13)14/h1-4,8H,5H2,(H,15,16). The molecule has 1 unspecified atom stereocenters. The predicted octanol–water partition coefficient (Wildman–Crippen LogP) is 2.95. The molecule has 0 radical (unpaired) electrons. The highest BCUT2D eigenvalue weighted by Crippen LogP contribution is 2.31. The van der Waals surface area contributed by atoms with Crippen molar-refractivity contribution in [1.82, 2.24) is 0 Å². The first-order valence-electron chi connectivity index (χ1n) is 4.34. The molecule has 0 fully saturated rings. The molecule has 0 saturated carbocycles. The van der Waals surface area contributed by atoms with Gasteiger partial charge < -0.3 is 5.11 Å². The van der Waals surface area contributed by atoms with E-state index in [1.165, 1.54) is 6.07 Å². The maximum absolute atomic E-state index is 12.7. The lowest BCUT2D eigenvalue weighted by Gasteiger charge is -2.14. The molecule has 0 saturated heterocycles. The maximum atomic E-state index is 12.7. The monoisotopic (exact) mass is 236 g/mol. The van der Waals surface area contributed by atoms with Crippen molar-refractivity contribution in [1.29, 1.82) is 0 Å². The molecule has 1 rings (SSSR count). The van der Waals surface area contributed by atoms with Gasteiger partial charge in [0.15, 0.2) is 0 Å². The fraction of sp³-hybridized carbons (Fsp3) is 0.300. The summed E-state index contributed by atoms with van der Waals surface area (Å²) in [5.41, 5.74) is -0.190. The number of alkyl halides is 3. The third-order valence-electron chi connectivity index (χ3n) is 1.98. The maximum Gasteiger partial charge on any atom is 0.390 e. The van der Waals surface area contributed by atoms with Crippen molar-refractivity contribution >= 4 is 5.97 Å². The molecule has 0 spiro atoms. The van der Waals surface area contributed by atoms with Crippen molar-refractivity contribution in [2.24, 2.45) is 0 Å². The molecule has 0 aliphatic rings.